The summed E-state index contributed by atoms with van der Waals surface area (Å²) in [5.74, 6) is -0.883. The van der Waals surface area contributed by atoms with Gasteiger partial charge in [-0.2, -0.15) is 0 Å². The van der Waals surface area contributed by atoms with Crippen LogP contribution < -0.4 is 0 Å². The topological polar surface area (TPSA) is 108 Å². The number of hydrogen-bond acceptors (Lipinski definition) is 7. The van der Waals surface area contributed by atoms with Crippen LogP contribution in [0.1, 0.15) is 181 Å². The van der Waals surface area contributed by atoms with E-state index < -0.39 is 32.5 Å². The highest BCUT2D eigenvalue weighted by Gasteiger charge is 2.27. The molecule has 0 aliphatic carbocycles. The average Bonchev–Trinajstić information content (AvgIpc) is 3.32. The van der Waals surface area contributed by atoms with Gasteiger partial charge in [-0.1, -0.05) is 199 Å². The van der Waals surface area contributed by atoms with Crippen molar-refractivity contribution in [2.75, 3.05) is 47.5 Å². The molecule has 0 aromatic carbocycles. The summed E-state index contributed by atoms with van der Waals surface area (Å²) < 4.78 is 34.4. The van der Waals surface area contributed by atoms with Crippen LogP contribution in [0.3, 0.4) is 0 Å². The zero-order valence-corrected chi connectivity index (χ0v) is 45.6. The van der Waals surface area contributed by atoms with Crippen molar-refractivity contribution in [3.63, 3.8) is 0 Å². The third-order valence-corrected chi connectivity index (χ3v) is 11.7. The third kappa shape index (κ3) is 53.5. The van der Waals surface area contributed by atoms with Gasteiger partial charge in [0.25, 0.3) is 0 Å². The molecule has 0 aromatic rings. The number of nitrogens with zero attached hydrogens (tertiary/aromatic N) is 1. The maximum absolute atomic E-state index is 12.8. The summed E-state index contributed by atoms with van der Waals surface area (Å²) in [7, 11) is 1.42. The van der Waals surface area contributed by atoms with E-state index in [0.29, 0.717) is 23.9 Å². The van der Waals surface area contributed by atoms with Crippen molar-refractivity contribution < 1.29 is 42.1 Å². The van der Waals surface area contributed by atoms with Crippen molar-refractivity contribution in [3.8, 4) is 0 Å². The number of rotatable bonds is 47. The molecule has 0 heterocycles. The SMILES string of the molecule is CC/C=C\C/C=C\C/C=C\C/C=C\C/C=C\C/C=C\CCCCCCCCCCCCC(=O)OC(COC(=O)CCC/C=C\C/C=C\C/C=C\C/C=C\C/C=C\CC)COP(=O)(O)OCC[N+](C)(C)C. The average molecular weight is 993 g/mol. The first-order valence-corrected chi connectivity index (χ1v) is 28.4. The van der Waals surface area contributed by atoms with E-state index in [4.69, 9.17) is 18.5 Å². The first-order chi connectivity index (χ1) is 34.0. The van der Waals surface area contributed by atoms with Gasteiger partial charge in [-0.3, -0.25) is 18.6 Å². The number of ether oxygens (including phenoxy) is 2. The Bertz CT molecular complexity index is 1640. The van der Waals surface area contributed by atoms with E-state index in [2.05, 4.69) is 148 Å². The molecule has 0 spiro atoms. The second-order valence-corrected chi connectivity index (χ2v) is 19.9. The molecule has 0 radical (unpaired) electrons. The van der Waals surface area contributed by atoms with Gasteiger partial charge >= 0.3 is 19.8 Å². The number of allylic oxidation sites excluding steroid dienone is 22. The molecule has 0 rings (SSSR count). The smallest absolute Gasteiger partial charge is 0.462 e. The minimum atomic E-state index is -4.41. The van der Waals surface area contributed by atoms with Crippen LogP contribution in [0.5, 0.6) is 0 Å². The van der Waals surface area contributed by atoms with Crippen LogP contribution in [0.2, 0.25) is 0 Å². The summed E-state index contributed by atoms with van der Waals surface area (Å²) in [6.45, 7) is 4.11. The number of quaternary nitrogens is 1. The molecule has 10 heteroatoms. The first-order valence-electron chi connectivity index (χ1n) is 26.9. The van der Waals surface area contributed by atoms with Gasteiger partial charge in [0.05, 0.1) is 27.7 Å². The van der Waals surface area contributed by atoms with Gasteiger partial charge in [-0.25, -0.2) is 4.57 Å². The van der Waals surface area contributed by atoms with E-state index >= 15 is 0 Å². The number of hydrogen-bond donors (Lipinski definition) is 1. The highest BCUT2D eigenvalue weighted by molar-refractivity contribution is 7.47. The second-order valence-electron chi connectivity index (χ2n) is 18.5. The van der Waals surface area contributed by atoms with Crippen molar-refractivity contribution in [2.45, 2.75) is 187 Å². The number of esters is 2. The van der Waals surface area contributed by atoms with Crippen LogP contribution in [-0.2, 0) is 32.7 Å². The fraction of sp³-hybridized carbons (Fsp3) is 0.600. The minimum absolute atomic E-state index is 0.0142. The largest absolute Gasteiger partial charge is 0.472 e. The second kappa shape index (κ2) is 50.1. The summed E-state index contributed by atoms with van der Waals surface area (Å²) in [6.07, 6.45) is 72.3. The van der Waals surface area contributed by atoms with E-state index in [1.165, 1.54) is 38.5 Å². The molecule has 0 bridgehead atoms. The number of carbonyl (C=O) groups excluding carboxylic acids is 2. The van der Waals surface area contributed by atoms with Crippen molar-refractivity contribution in [1.82, 2.24) is 0 Å². The highest BCUT2D eigenvalue weighted by atomic mass is 31.2. The van der Waals surface area contributed by atoms with Gasteiger partial charge in [0.15, 0.2) is 6.10 Å². The molecule has 2 atom stereocenters. The van der Waals surface area contributed by atoms with Crippen molar-refractivity contribution in [1.29, 1.82) is 0 Å². The highest BCUT2D eigenvalue weighted by Crippen LogP contribution is 2.43. The lowest BCUT2D eigenvalue weighted by molar-refractivity contribution is -0.870. The van der Waals surface area contributed by atoms with E-state index in [-0.39, 0.29) is 26.1 Å². The zero-order chi connectivity index (χ0) is 51.3. The Labute approximate surface area is 428 Å². The standard InChI is InChI=1S/C60H98NO8P/c1-6-8-10-12-14-16-18-20-22-24-25-26-27-28-29-30-31-32-33-34-35-37-39-41-43-45-47-49-51-53-60(63)69-58(57-68-70(64,65)67-55-54-61(3,4)5)56-66-59(62)52-50-48-46-44-42-40-38-36-23-21-19-17-15-13-11-9-7-2/h8-11,14-17,20-23,25-26,28-29,31-32,38,40,44,46,58H,6-7,12-13,18-19,24,27,30,33-37,39,41-43,45,47-57H2,1-5H3/p+1/b10-8-,11-9-,16-14-,17-15-,22-20-,23-21-,26-25-,29-28-,32-31-,40-38-,46-44-. The quantitative estimate of drug-likeness (QED) is 0.0211. The Morgan fingerprint density at radius 3 is 1.19 bits per heavy atom. The molecular formula is C60H99NO8P+. The summed E-state index contributed by atoms with van der Waals surface area (Å²) in [5, 5.41) is 0. The van der Waals surface area contributed by atoms with Crippen LogP contribution in [0.15, 0.2) is 134 Å². The molecule has 0 saturated carbocycles. The molecule has 0 aliphatic heterocycles. The number of phosphoric ester groups is 1. The maximum atomic E-state index is 12.8. The van der Waals surface area contributed by atoms with Gasteiger partial charge in [0.2, 0.25) is 0 Å². The van der Waals surface area contributed by atoms with Gasteiger partial charge in [-0.15, -0.1) is 0 Å². The molecule has 9 nitrogen and oxygen atoms in total. The molecule has 0 aromatic heterocycles. The van der Waals surface area contributed by atoms with Gasteiger partial charge in [0.1, 0.15) is 19.8 Å². The van der Waals surface area contributed by atoms with Crippen molar-refractivity contribution in [2.24, 2.45) is 0 Å². The normalized spacial score (nSPS) is 14.4. The zero-order valence-electron chi connectivity index (χ0n) is 44.7. The molecule has 0 amide bonds. The van der Waals surface area contributed by atoms with Crippen molar-refractivity contribution >= 4 is 19.8 Å². The maximum Gasteiger partial charge on any atom is 0.472 e. The number of phosphoric acid groups is 1. The molecule has 0 fully saturated rings. The number of likely N-dealkylation sites (N-methyl/N-ethyl adjacent to an activating group) is 1. The first kappa shape index (κ1) is 66.2. The molecule has 70 heavy (non-hydrogen) atoms. The predicted octanol–water partition coefficient (Wildman–Crippen LogP) is 16.6. The lowest BCUT2D eigenvalue weighted by atomic mass is 10.0. The lowest BCUT2D eigenvalue weighted by Crippen LogP contribution is -2.37. The lowest BCUT2D eigenvalue weighted by Gasteiger charge is -2.24. The number of unbranched alkanes of at least 4 members (excludes halogenated alkanes) is 11. The molecule has 1 N–H and O–H groups in total. The fourth-order valence-electron chi connectivity index (χ4n) is 6.58. The summed E-state index contributed by atoms with van der Waals surface area (Å²) in [4.78, 5) is 35.6. The van der Waals surface area contributed by atoms with Gasteiger partial charge < -0.3 is 18.9 Å². The molecular weight excluding hydrogens is 894 g/mol. The van der Waals surface area contributed by atoms with Crippen LogP contribution in [0.4, 0.5) is 0 Å². The monoisotopic (exact) mass is 993 g/mol. The molecule has 396 valence electrons. The van der Waals surface area contributed by atoms with E-state index in [1.54, 1.807) is 0 Å². The fourth-order valence-corrected chi connectivity index (χ4v) is 7.32. The van der Waals surface area contributed by atoms with Crippen LogP contribution in [0, 0.1) is 0 Å². The Balaban J connectivity index is 4.29. The Morgan fingerprint density at radius 2 is 0.786 bits per heavy atom. The van der Waals surface area contributed by atoms with Crippen molar-refractivity contribution in [3.05, 3.63) is 134 Å². The van der Waals surface area contributed by atoms with Gasteiger partial charge in [-0.05, 0) is 103 Å². The summed E-state index contributed by atoms with van der Waals surface area (Å²) >= 11 is 0. The summed E-state index contributed by atoms with van der Waals surface area (Å²) in [5.41, 5.74) is 0. The third-order valence-electron chi connectivity index (χ3n) is 10.7. The van der Waals surface area contributed by atoms with Crippen LogP contribution in [0.25, 0.3) is 0 Å². The molecule has 0 saturated heterocycles. The summed E-state index contributed by atoms with van der Waals surface area (Å²) in [6, 6.07) is 0. The van der Waals surface area contributed by atoms with E-state index in [1.807, 2.05) is 21.1 Å². The Morgan fingerprint density at radius 1 is 0.443 bits per heavy atom. The van der Waals surface area contributed by atoms with Crippen LogP contribution in [-0.4, -0.2) is 74.9 Å². The van der Waals surface area contributed by atoms with Gasteiger partial charge in [0, 0.05) is 12.8 Å². The Hall–Kier alpha value is -3.85. The predicted molar refractivity (Wildman–Crippen MR) is 297 cm³/mol. The van der Waals surface area contributed by atoms with E-state index in [0.717, 1.165) is 103 Å². The van der Waals surface area contributed by atoms with Crippen LogP contribution >= 0.6 is 7.82 Å². The Kier molecular flexibility index (Phi) is 47.3. The minimum Gasteiger partial charge on any atom is -0.462 e. The number of carbonyl (C=O) groups is 2. The molecule has 0 aliphatic rings. The van der Waals surface area contributed by atoms with E-state index in [9.17, 15) is 19.0 Å². The molecule has 2 unspecified atom stereocenters.